The van der Waals surface area contributed by atoms with Gasteiger partial charge in [-0.05, 0) is 76.5 Å². The van der Waals surface area contributed by atoms with Gasteiger partial charge in [-0.2, -0.15) is 0 Å². The Bertz CT molecular complexity index is 659. The lowest BCUT2D eigenvalue weighted by atomic mass is 9.99. The molecule has 2 aromatic carbocycles. The lowest BCUT2D eigenvalue weighted by Gasteiger charge is -2.18. The molecule has 112 valence electrons. The van der Waals surface area contributed by atoms with Gasteiger partial charge in [-0.15, -0.1) is 0 Å². The molecule has 0 heterocycles. The second kappa shape index (κ2) is 7.33. The highest BCUT2D eigenvalue weighted by Gasteiger charge is 2.19. The predicted molar refractivity (Wildman–Crippen MR) is 102 cm³/mol. The Balaban J connectivity index is 2.52. The zero-order chi connectivity index (χ0) is 15.6. The molecule has 1 atom stereocenters. The average molecular weight is 526 g/mol. The average Bonchev–Trinajstić information content (AvgIpc) is 2.48. The lowest BCUT2D eigenvalue weighted by molar-refractivity contribution is 0.354. The van der Waals surface area contributed by atoms with Crippen LogP contribution in [0.4, 0.5) is 0 Å². The molecule has 2 aromatic rings. The molecule has 1 unspecified atom stereocenters. The summed E-state index contributed by atoms with van der Waals surface area (Å²) < 4.78 is 13.0. The van der Waals surface area contributed by atoms with Gasteiger partial charge in [0.25, 0.3) is 0 Å². The highest BCUT2D eigenvalue weighted by Crippen LogP contribution is 2.41. The number of aryl methyl sites for hydroxylation is 1. The van der Waals surface area contributed by atoms with E-state index in [1.807, 2.05) is 12.1 Å². The van der Waals surface area contributed by atoms with Crippen molar-refractivity contribution < 1.29 is 9.47 Å². The first-order valence-electron chi connectivity index (χ1n) is 6.29. The molecule has 0 aromatic heterocycles. The second-order valence-electron chi connectivity index (χ2n) is 4.59. The Hall–Kier alpha value is -0.270. The molecule has 2 rings (SSSR count). The summed E-state index contributed by atoms with van der Waals surface area (Å²) in [6.07, 6.45) is 0. The van der Waals surface area contributed by atoms with Crippen molar-refractivity contribution in [1.29, 1.82) is 0 Å². The maximum atomic E-state index is 5.41. The summed E-state index contributed by atoms with van der Waals surface area (Å²) in [5.74, 6) is 1.49. The standard InChI is InChI=1S/C16H15Br2IO2/c1-9-6-14(20-2)15(21-3)8-11(9)16(18)12-7-10(19)4-5-13(12)17/h4-8,16H,1-3H3. The fraction of sp³-hybridized carbons (Fsp3) is 0.250. The van der Waals surface area contributed by atoms with Crippen LogP contribution in [0.2, 0.25) is 0 Å². The maximum absolute atomic E-state index is 5.41. The fourth-order valence-electron chi connectivity index (χ4n) is 2.15. The van der Waals surface area contributed by atoms with E-state index < -0.39 is 0 Å². The Morgan fingerprint density at radius 1 is 1.00 bits per heavy atom. The van der Waals surface area contributed by atoms with Crippen LogP contribution in [0.5, 0.6) is 11.5 Å². The summed E-state index contributed by atoms with van der Waals surface area (Å²) in [5.41, 5.74) is 3.51. The highest BCUT2D eigenvalue weighted by atomic mass is 127. The van der Waals surface area contributed by atoms with Crippen molar-refractivity contribution in [3.8, 4) is 11.5 Å². The number of hydrogen-bond donors (Lipinski definition) is 0. The molecule has 5 heteroatoms. The smallest absolute Gasteiger partial charge is 0.161 e. The van der Waals surface area contributed by atoms with E-state index >= 15 is 0 Å². The fourth-order valence-corrected chi connectivity index (χ4v) is 4.32. The third-order valence-electron chi connectivity index (χ3n) is 3.28. The van der Waals surface area contributed by atoms with Gasteiger partial charge in [0.05, 0.1) is 19.0 Å². The molecule has 0 fully saturated rings. The molecule has 0 bridgehead atoms. The monoisotopic (exact) mass is 524 g/mol. The molecule has 0 aliphatic rings. The minimum Gasteiger partial charge on any atom is -0.493 e. The van der Waals surface area contributed by atoms with Crippen LogP contribution in [-0.4, -0.2) is 14.2 Å². The summed E-state index contributed by atoms with van der Waals surface area (Å²) in [6.45, 7) is 2.08. The normalized spacial score (nSPS) is 12.1. The van der Waals surface area contributed by atoms with Crippen molar-refractivity contribution in [1.82, 2.24) is 0 Å². The van der Waals surface area contributed by atoms with Crippen LogP contribution in [0, 0.1) is 10.5 Å². The van der Waals surface area contributed by atoms with Crippen LogP contribution in [0.3, 0.4) is 0 Å². The Morgan fingerprint density at radius 3 is 2.24 bits per heavy atom. The molecule has 21 heavy (non-hydrogen) atoms. The minimum atomic E-state index is 0.0846. The number of ether oxygens (including phenoxy) is 2. The first-order chi connectivity index (χ1) is 9.97. The van der Waals surface area contributed by atoms with Gasteiger partial charge >= 0.3 is 0 Å². The molecule has 0 spiro atoms. The second-order valence-corrected chi connectivity index (χ2v) is 7.61. The number of alkyl halides is 1. The van der Waals surface area contributed by atoms with E-state index in [4.69, 9.17) is 9.47 Å². The van der Waals surface area contributed by atoms with Crippen LogP contribution < -0.4 is 9.47 Å². The summed E-state index contributed by atoms with van der Waals surface area (Å²) in [7, 11) is 3.31. The van der Waals surface area contributed by atoms with Crippen LogP contribution in [0.1, 0.15) is 21.5 Å². The van der Waals surface area contributed by atoms with E-state index in [0.29, 0.717) is 0 Å². The molecule has 0 saturated heterocycles. The molecule has 0 saturated carbocycles. The lowest BCUT2D eigenvalue weighted by Crippen LogP contribution is -2.00. The van der Waals surface area contributed by atoms with Crippen molar-refractivity contribution in [2.45, 2.75) is 11.8 Å². The van der Waals surface area contributed by atoms with E-state index in [0.717, 1.165) is 27.1 Å². The van der Waals surface area contributed by atoms with Crippen LogP contribution >= 0.6 is 54.5 Å². The number of rotatable bonds is 4. The molecular weight excluding hydrogens is 511 g/mol. The number of hydrogen-bond acceptors (Lipinski definition) is 2. The Morgan fingerprint density at radius 2 is 1.62 bits per heavy atom. The van der Waals surface area contributed by atoms with E-state index in [9.17, 15) is 0 Å². The van der Waals surface area contributed by atoms with Crippen molar-refractivity contribution in [3.63, 3.8) is 0 Å². The van der Waals surface area contributed by atoms with Gasteiger partial charge in [-0.25, -0.2) is 0 Å². The quantitative estimate of drug-likeness (QED) is 0.367. The number of benzene rings is 2. The SMILES string of the molecule is COc1cc(C)c(C(Br)c2cc(I)ccc2Br)cc1OC. The third-order valence-corrected chi connectivity index (χ3v) is 5.66. The molecular formula is C16H15Br2IO2. The number of methoxy groups -OCH3 is 2. The van der Waals surface area contributed by atoms with Crippen LogP contribution in [-0.2, 0) is 0 Å². The summed E-state index contributed by atoms with van der Waals surface area (Å²) >= 11 is 9.76. The van der Waals surface area contributed by atoms with Crippen molar-refractivity contribution in [2.24, 2.45) is 0 Å². The number of halogens is 3. The van der Waals surface area contributed by atoms with Gasteiger partial charge in [-0.1, -0.05) is 31.9 Å². The predicted octanol–water partition coefficient (Wildman–Crippen LogP) is 5.86. The first-order valence-corrected chi connectivity index (χ1v) is 9.08. The van der Waals surface area contributed by atoms with Gasteiger partial charge in [0, 0.05) is 8.04 Å². The largest absolute Gasteiger partial charge is 0.493 e. The zero-order valence-corrected chi connectivity index (χ0v) is 17.2. The van der Waals surface area contributed by atoms with Crippen molar-refractivity contribution in [3.05, 3.63) is 55.1 Å². The van der Waals surface area contributed by atoms with E-state index in [1.54, 1.807) is 14.2 Å². The molecule has 0 aliphatic heterocycles. The van der Waals surface area contributed by atoms with Crippen molar-refractivity contribution >= 4 is 54.5 Å². The Kier molecular flexibility index (Phi) is 5.96. The molecule has 0 amide bonds. The highest BCUT2D eigenvalue weighted by molar-refractivity contribution is 14.1. The summed E-state index contributed by atoms with van der Waals surface area (Å²) in [6, 6.07) is 10.3. The Labute approximate surface area is 155 Å². The summed E-state index contributed by atoms with van der Waals surface area (Å²) in [5, 5.41) is 0. The zero-order valence-electron chi connectivity index (χ0n) is 11.9. The molecule has 0 aliphatic carbocycles. The van der Waals surface area contributed by atoms with Crippen LogP contribution in [0.15, 0.2) is 34.8 Å². The van der Waals surface area contributed by atoms with E-state index in [2.05, 4.69) is 79.6 Å². The van der Waals surface area contributed by atoms with E-state index in [-0.39, 0.29) is 4.83 Å². The van der Waals surface area contributed by atoms with Gasteiger partial charge in [0.1, 0.15) is 0 Å². The van der Waals surface area contributed by atoms with Gasteiger partial charge in [-0.3, -0.25) is 0 Å². The maximum Gasteiger partial charge on any atom is 0.161 e. The van der Waals surface area contributed by atoms with Gasteiger partial charge < -0.3 is 9.47 Å². The topological polar surface area (TPSA) is 18.5 Å². The van der Waals surface area contributed by atoms with Crippen molar-refractivity contribution in [2.75, 3.05) is 14.2 Å². The molecule has 0 radical (unpaired) electrons. The van der Waals surface area contributed by atoms with Gasteiger partial charge in [0.2, 0.25) is 0 Å². The van der Waals surface area contributed by atoms with Crippen LogP contribution in [0.25, 0.3) is 0 Å². The van der Waals surface area contributed by atoms with E-state index in [1.165, 1.54) is 9.13 Å². The van der Waals surface area contributed by atoms with Gasteiger partial charge in [0.15, 0.2) is 11.5 Å². The first kappa shape index (κ1) is 17.1. The third kappa shape index (κ3) is 3.74. The minimum absolute atomic E-state index is 0.0846. The summed E-state index contributed by atoms with van der Waals surface area (Å²) in [4.78, 5) is 0.0846. The molecule has 2 nitrogen and oxygen atoms in total. The molecule has 0 N–H and O–H groups in total.